The lowest BCUT2D eigenvalue weighted by molar-refractivity contribution is 0.584. The van der Waals surface area contributed by atoms with Gasteiger partial charge in [0.2, 0.25) is 23.6 Å². The zero-order valence-electron chi connectivity index (χ0n) is 24.8. The summed E-state index contributed by atoms with van der Waals surface area (Å²) in [6, 6.07) is 43.0. The van der Waals surface area contributed by atoms with Gasteiger partial charge in [-0.25, -0.2) is 0 Å². The van der Waals surface area contributed by atoms with Crippen LogP contribution in [-0.2, 0) is 0 Å². The van der Waals surface area contributed by atoms with Crippen molar-refractivity contribution >= 4 is 0 Å². The molecule has 0 saturated heterocycles. The summed E-state index contributed by atoms with van der Waals surface area (Å²) in [7, 11) is 0. The molecule has 7 aromatic rings. The van der Waals surface area contributed by atoms with Gasteiger partial charge in [0.25, 0.3) is 0 Å². The van der Waals surface area contributed by atoms with Gasteiger partial charge >= 0.3 is 0 Å². The number of rotatable bonds is 7. The summed E-state index contributed by atoms with van der Waals surface area (Å²) in [4.78, 5) is 0. The maximum Gasteiger partial charge on any atom is 0.248 e. The molecule has 1 atom stereocenters. The van der Waals surface area contributed by atoms with E-state index in [0.29, 0.717) is 29.5 Å². The fraction of sp³-hybridized carbons (Fsp3) is 0.0500. The lowest BCUT2D eigenvalue weighted by Gasteiger charge is -2.13. The Bertz CT molecular complexity index is 2140. The molecule has 6 nitrogen and oxygen atoms in total. The van der Waals surface area contributed by atoms with E-state index in [2.05, 4.69) is 105 Å². The van der Waals surface area contributed by atoms with Crippen molar-refractivity contribution in [3.8, 4) is 68.1 Å². The molecule has 8 rings (SSSR count). The zero-order valence-corrected chi connectivity index (χ0v) is 24.8. The molecule has 1 aliphatic carbocycles. The molecule has 0 aliphatic heterocycles. The molecular formula is C40H28N4O2. The highest BCUT2D eigenvalue weighted by Crippen LogP contribution is 2.31. The second-order valence-corrected chi connectivity index (χ2v) is 11.2. The summed E-state index contributed by atoms with van der Waals surface area (Å²) in [6.45, 7) is 0. The van der Waals surface area contributed by atoms with Crippen LogP contribution in [-0.4, -0.2) is 20.4 Å². The Morgan fingerprint density at radius 3 is 1.15 bits per heavy atom. The van der Waals surface area contributed by atoms with E-state index in [0.717, 1.165) is 45.4 Å². The van der Waals surface area contributed by atoms with Crippen molar-refractivity contribution in [2.75, 3.05) is 0 Å². The van der Waals surface area contributed by atoms with E-state index in [1.165, 1.54) is 11.1 Å². The van der Waals surface area contributed by atoms with Crippen LogP contribution in [0.25, 0.3) is 68.1 Å². The minimum Gasteiger partial charge on any atom is -0.416 e. The quantitative estimate of drug-likeness (QED) is 0.182. The molecule has 0 spiro atoms. The van der Waals surface area contributed by atoms with Gasteiger partial charge in [-0.1, -0.05) is 103 Å². The van der Waals surface area contributed by atoms with Gasteiger partial charge in [0.15, 0.2) is 0 Å². The molecule has 0 amide bonds. The van der Waals surface area contributed by atoms with E-state index in [1.54, 1.807) is 0 Å². The van der Waals surface area contributed by atoms with Crippen LogP contribution in [0.3, 0.4) is 0 Å². The predicted octanol–water partition coefficient (Wildman–Crippen LogP) is 10.1. The van der Waals surface area contributed by atoms with Crippen LogP contribution in [0.2, 0.25) is 0 Å². The van der Waals surface area contributed by atoms with Crippen molar-refractivity contribution in [1.29, 1.82) is 0 Å². The number of aromatic nitrogens is 4. The van der Waals surface area contributed by atoms with Crippen LogP contribution in [0.5, 0.6) is 0 Å². The van der Waals surface area contributed by atoms with Crippen molar-refractivity contribution < 1.29 is 8.83 Å². The molecule has 0 saturated carbocycles. The predicted molar refractivity (Wildman–Crippen MR) is 180 cm³/mol. The SMILES string of the molecule is C1=CCC(c2ccc(-c3nnc(-c4ccc(-c5ccc(-c6nnc(-c7ccc(-c8ccccc8)cc7)o6)cc5)cc4)o3)cc2)C=C1. The van der Waals surface area contributed by atoms with Gasteiger partial charge in [-0.05, 0) is 82.8 Å². The first-order valence-corrected chi connectivity index (χ1v) is 15.2. The van der Waals surface area contributed by atoms with Gasteiger partial charge < -0.3 is 8.83 Å². The Morgan fingerprint density at radius 2 is 0.761 bits per heavy atom. The van der Waals surface area contributed by atoms with E-state index in [-0.39, 0.29) is 0 Å². The smallest absolute Gasteiger partial charge is 0.248 e. The van der Waals surface area contributed by atoms with Crippen LogP contribution in [0.4, 0.5) is 0 Å². The highest BCUT2D eigenvalue weighted by molar-refractivity contribution is 5.71. The Labute approximate surface area is 266 Å². The average Bonchev–Trinajstić information content (AvgIpc) is 3.84. The molecule has 6 heteroatoms. The van der Waals surface area contributed by atoms with Gasteiger partial charge in [-0.3, -0.25) is 0 Å². The standard InChI is InChI=1S/C40H28N4O2/c1-3-7-27(8-4-1)29-11-19-33(20-12-29)37-41-43-39(45-37)35-23-15-31(16-24-35)32-17-25-36(26-18-32)40-44-42-38(46-40)34-21-13-30(14-22-34)28-9-5-2-6-10-28/h1-9,11-26,28H,10H2. The molecule has 2 aromatic heterocycles. The fourth-order valence-corrected chi connectivity index (χ4v) is 5.66. The van der Waals surface area contributed by atoms with Gasteiger partial charge in [-0.15, -0.1) is 20.4 Å². The van der Waals surface area contributed by atoms with Crippen LogP contribution < -0.4 is 0 Å². The summed E-state index contributed by atoms with van der Waals surface area (Å²) in [6.07, 6.45) is 9.64. The van der Waals surface area contributed by atoms with Gasteiger partial charge in [0.1, 0.15) is 0 Å². The van der Waals surface area contributed by atoms with E-state index >= 15 is 0 Å². The van der Waals surface area contributed by atoms with Crippen LogP contribution >= 0.6 is 0 Å². The van der Waals surface area contributed by atoms with Crippen molar-refractivity contribution in [2.24, 2.45) is 0 Å². The summed E-state index contributed by atoms with van der Waals surface area (Å²) in [5.74, 6) is 2.38. The van der Waals surface area contributed by atoms with E-state index in [1.807, 2.05) is 66.7 Å². The molecule has 0 N–H and O–H groups in total. The lowest BCUT2D eigenvalue weighted by Crippen LogP contribution is -1.95. The Hall–Kier alpha value is -6.14. The maximum absolute atomic E-state index is 6.04. The number of hydrogen-bond acceptors (Lipinski definition) is 6. The average molecular weight is 597 g/mol. The molecule has 5 aromatic carbocycles. The lowest BCUT2D eigenvalue weighted by atomic mass is 9.92. The third-order valence-corrected chi connectivity index (χ3v) is 8.25. The van der Waals surface area contributed by atoms with Crippen molar-refractivity contribution in [3.05, 3.63) is 157 Å². The first kappa shape index (κ1) is 27.4. The largest absolute Gasteiger partial charge is 0.416 e. The normalized spacial score (nSPS) is 14.0. The van der Waals surface area contributed by atoms with E-state index < -0.39 is 0 Å². The third kappa shape index (κ3) is 5.60. The Kier molecular flexibility index (Phi) is 7.21. The second kappa shape index (κ2) is 12.1. The molecule has 0 fully saturated rings. The molecule has 46 heavy (non-hydrogen) atoms. The first-order valence-electron chi connectivity index (χ1n) is 15.2. The molecule has 1 unspecified atom stereocenters. The highest BCUT2D eigenvalue weighted by atomic mass is 16.4. The van der Waals surface area contributed by atoms with E-state index in [4.69, 9.17) is 8.83 Å². The van der Waals surface area contributed by atoms with Crippen molar-refractivity contribution in [3.63, 3.8) is 0 Å². The maximum atomic E-state index is 6.04. The van der Waals surface area contributed by atoms with Crippen LogP contribution in [0.15, 0.2) is 161 Å². The second-order valence-electron chi connectivity index (χ2n) is 11.2. The summed E-state index contributed by atoms with van der Waals surface area (Å²) < 4.78 is 12.1. The molecule has 0 radical (unpaired) electrons. The van der Waals surface area contributed by atoms with Crippen molar-refractivity contribution in [2.45, 2.75) is 12.3 Å². The Balaban J connectivity index is 0.935. The topological polar surface area (TPSA) is 77.8 Å². The van der Waals surface area contributed by atoms with Crippen LogP contribution in [0.1, 0.15) is 17.9 Å². The molecule has 0 bridgehead atoms. The summed E-state index contributed by atoms with van der Waals surface area (Å²) in [5.41, 5.74) is 9.24. The number of allylic oxidation sites excluding steroid dienone is 4. The molecular weight excluding hydrogens is 568 g/mol. The molecule has 2 heterocycles. The third-order valence-electron chi connectivity index (χ3n) is 8.25. The fourth-order valence-electron chi connectivity index (χ4n) is 5.66. The van der Waals surface area contributed by atoms with Crippen LogP contribution in [0, 0.1) is 0 Å². The summed E-state index contributed by atoms with van der Waals surface area (Å²) >= 11 is 0. The Morgan fingerprint density at radius 1 is 0.391 bits per heavy atom. The molecule has 1 aliphatic rings. The number of nitrogens with zero attached hydrogens (tertiary/aromatic N) is 4. The minimum absolute atomic E-state index is 0.410. The highest BCUT2D eigenvalue weighted by Gasteiger charge is 2.14. The number of benzene rings is 5. The first-order chi connectivity index (χ1) is 22.8. The zero-order chi connectivity index (χ0) is 30.7. The molecule has 220 valence electrons. The monoisotopic (exact) mass is 596 g/mol. The summed E-state index contributed by atoms with van der Waals surface area (Å²) in [5, 5.41) is 17.2. The van der Waals surface area contributed by atoms with Crippen molar-refractivity contribution in [1.82, 2.24) is 20.4 Å². The van der Waals surface area contributed by atoms with Gasteiger partial charge in [-0.2, -0.15) is 0 Å². The number of hydrogen-bond donors (Lipinski definition) is 0. The van der Waals surface area contributed by atoms with E-state index in [9.17, 15) is 0 Å². The van der Waals surface area contributed by atoms with Gasteiger partial charge in [0.05, 0.1) is 0 Å². The minimum atomic E-state index is 0.410. The van der Waals surface area contributed by atoms with Gasteiger partial charge in [0, 0.05) is 28.2 Å².